The molecule has 1 N–H and O–H groups in total. The van der Waals surface area contributed by atoms with Gasteiger partial charge >= 0.3 is 0 Å². The van der Waals surface area contributed by atoms with Crippen LogP contribution >= 0.6 is 49.6 Å². The van der Waals surface area contributed by atoms with Crippen molar-refractivity contribution in [2.24, 2.45) is 0 Å². The Kier molecular flexibility index (Phi) is 5.32. The van der Waals surface area contributed by atoms with Gasteiger partial charge in [-0.2, -0.15) is 0 Å². The second kappa shape index (κ2) is 6.66. The van der Waals surface area contributed by atoms with E-state index in [1.165, 1.54) is 6.07 Å². The minimum Gasteiger partial charge on any atom is -0.347 e. The Balaban J connectivity index is 2.04. The van der Waals surface area contributed by atoms with Gasteiger partial charge in [0.1, 0.15) is 4.21 Å². The van der Waals surface area contributed by atoms with Crippen molar-refractivity contribution in [1.82, 2.24) is 5.32 Å². The predicted molar refractivity (Wildman–Crippen MR) is 87.7 cm³/mol. The highest BCUT2D eigenvalue weighted by atomic mass is 79.9. The lowest BCUT2D eigenvalue weighted by atomic mass is 10.2. The van der Waals surface area contributed by atoms with Crippen LogP contribution in [0.15, 0.2) is 39.0 Å². The predicted octanol–water partition coefficient (Wildman–Crippen LogP) is 4.02. The van der Waals surface area contributed by atoms with Crippen LogP contribution in [0.4, 0.5) is 0 Å². The first-order valence-corrected chi connectivity index (χ1v) is 9.83. The molecule has 0 fully saturated rings. The molecule has 1 heterocycles. The van der Waals surface area contributed by atoms with E-state index in [4.69, 9.17) is 22.3 Å². The quantitative estimate of drug-likeness (QED) is 0.748. The van der Waals surface area contributed by atoms with Gasteiger partial charge in [-0.25, -0.2) is 8.42 Å². The SMILES string of the molecule is O=C(NCc1ccc(S(=O)(=O)Cl)s1)c1ccc(Br)c(Cl)c1. The minimum absolute atomic E-state index is 0.0556. The third kappa shape index (κ3) is 4.43. The molecule has 0 aliphatic rings. The van der Waals surface area contributed by atoms with Crippen LogP contribution in [0.25, 0.3) is 0 Å². The summed E-state index contributed by atoms with van der Waals surface area (Å²) in [6, 6.07) is 7.87. The number of thiophene rings is 1. The van der Waals surface area contributed by atoms with Crippen LogP contribution in [-0.2, 0) is 15.6 Å². The van der Waals surface area contributed by atoms with E-state index in [9.17, 15) is 13.2 Å². The number of carbonyl (C=O) groups excluding carboxylic acids is 1. The van der Waals surface area contributed by atoms with Gasteiger partial charge < -0.3 is 5.32 Å². The van der Waals surface area contributed by atoms with Crippen molar-refractivity contribution in [3.05, 3.63) is 50.3 Å². The number of nitrogens with one attached hydrogen (secondary N) is 1. The summed E-state index contributed by atoms with van der Waals surface area (Å²) in [4.78, 5) is 12.6. The molecule has 21 heavy (non-hydrogen) atoms. The van der Waals surface area contributed by atoms with Crippen molar-refractivity contribution in [1.29, 1.82) is 0 Å². The summed E-state index contributed by atoms with van der Waals surface area (Å²) in [5.74, 6) is -0.298. The molecular formula is C12H8BrCl2NO3S2. The maximum atomic E-state index is 12.0. The van der Waals surface area contributed by atoms with E-state index >= 15 is 0 Å². The van der Waals surface area contributed by atoms with Crippen LogP contribution in [0, 0.1) is 0 Å². The largest absolute Gasteiger partial charge is 0.347 e. The summed E-state index contributed by atoms with van der Waals surface area (Å²) in [7, 11) is 1.51. The summed E-state index contributed by atoms with van der Waals surface area (Å²) in [5, 5.41) is 3.13. The average molecular weight is 429 g/mol. The standard InChI is InChI=1S/C12H8BrCl2NO3S2/c13-9-3-1-7(5-10(9)14)12(17)16-6-8-2-4-11(20-8)21(15,18)19/h1-5H,6H2,(H,16,17). The monoisotopic (exact) mass is 427 g/mol. The van der Waals surface area contributed by atoms with Gasteiger partial charge in [-0.05, 0) is 46.3 Å². The fourth-order valence-electron chi connectivity index (χ4n) is 1.49. The molecule has 1 aromatic carbocycles. The summed E-state index contributed by atoms with van der Waals surface area (Å²) < 4.78 is 23.0. The van der Waals surface area contributed by atoms with Gasteiger partial charge in [0.05, 0.1) is 11.6 Å². The number of amides is 1. The number of hydrogen-bond acceptors (Lipinski definition) is 4. The normalized spacial score (nSPS) is 11.4. The van der Waals surface area contributed by atoms with Gasteiger partial charge in [0.2, 0.25) is 0 Å². The molecule has 0 bridgehead atoms. The van der Waals surface area contributed by atoms with Gasteiger partial charge in [-0.15, -0.1) is 11.3 Å². The molecule has 0 aliphatic carbocycles. The lowest BCUT2D eigenvalue weighted by molar-refractivity contribution is 0.0951. The van der Waals surface area contributed by atoms with Crippen LogP contribution in [0.1, 0.15) is 15.2 Å². The Morgan fingerprint density at radius 3 is 2.57 bits per heavy atom. The number of benzene rings is 1. The lowest BCUT2D eigenvalue weighted by Gasteiger charge is -2.05. The number of rotatable bonds is 4. The highest BCUT2D eigenvalue weighted by Gasteiger charge is 2.14. The molecule has 0 saturated heterocycles. The number of hydrogen-bond donors (Lipinski definition) is 1. The first kappa shape index (κ1) is 16.8. The third-order valence-corrected chi connectivity index (χ3v) is 6.89. The highest BCUT2D eigenvalue weighted by molar-refractivity contribution is 9.10. The van der Waals surface area contributed by atoms with Crippen molar-refractivity contribution in [2.75, 3.05) is 0 Å². The fourth-order valence-corrected chi connectivity index (χ4v) is 3.98. The van der Waals surface area contributed by atoms with Crippen molar-refractivity contribution < 1.29 is 13.2 Å². The average Bonchev–Trinajstić information content (AvgIpc) is 2.88. The molecule has 0 aliphatic heterocycles. The topological polar surface area (TPSA) is 63.2 Å². The molecular weight excluding hydrogens is 421 g/mol. The van der Waals surface area contributed by atoms with Crippen molar-refractivity contribution in [3.8, 4) is 0 Å². The Morgan fingerprint density at radius 1 is 1.29 bits per heavy atom. The van der Waals surface area contributed by atoms with Crippen LogP contribution in [0.3, 0.4) is 0 Å². The molecule has 1 amide bonds. The van der Waals surface area contributed by atoms with Crippen molar-refractivity contribution >= 4 is 64.5 Å². The van der Waals surface area contributed by atoms with Gasteiger partial charge in [0.25, 0.3) is 15.0 Å². The van der Waals surface area contributed by atoms with E-state index in [0.29, 0.717) is 19.9 Å². The second-order valence-corrected chi connectivity index (χ2v) is 9.19. The van der Waals surface area contributed by atoms with E-state index in [2.05, 4.69) is 21.2 Å². The van der Waals surface area contributed by atoms with Crippen molar-refractivity contribution in [2.45, 2.75) is 10.8 Å². The fraction of sp³-hybridized carbons (Fsp3) is 0.0833. The second-order valence-electron chi connectivity index (χ2n) is 3.97. The smallest absolute Gasteiger partial charge is 0.270 e. The molecule has 9 heteroatoms. The molecule has 0 unspecified atom stereocenters. The third-order valence-electron chi connectivity index (χ3n) is 2.48. The van der Waals surface area contributed by atoms with Gasteiger partial charge in [-0.1, -0.05) is 11.6 Å². The summed E-state index contributed by atoms with van der Waals surface area (Å²) >= 11 is 10.2. The van der Waals surface area contributed by atoms with E-state index in [-0.39, 0.29) is 16.7 Å². The Bertz CT molecular complexity index is 790. The Labute approximate surface area is 143 Å². The van der Waals surface area contributed by atoms with E-state index < -0.39 is 9.05 Å². The first-order chi connectivity index (χ1) is 9.77. The zero-order valence-electron chi connectivity index (χ0n) is 10.3. The van der Waals surface area contributed by atoms with E-state index in [0.717, 1.165) is 11.3 Å². The molecule has 0 saturated carbocycles. The Morgan fingerprint density at radius 2 is 2.00 bits per heavy atom. The number of halogens is 3. The summed E-state index contributed by atoms with van der Waals surface area (Å²) in [6.07, 6.45) is 0. The van der Waals surface area contributed by atoms with Crippen LogP contribution in [-0.4, -0.2) is 14.3 Å². The van der Waals surface area contributed by atoms with E-state index in [1.807, 2.05) is 0 Å². The van der Waals surface area contributed by atoms with E-state index in [1.54, 1.807) is 24.3 Å². The van der Waals surface area contributed by atoms with Crippen molar-refractivity contribution in [3.63, 3.8) is 0 Å². The molecule has 1 aromatic heterocycles. The molecule has 2 rings (SSSR count). The van der Waals surface area contributed by atoms with Crippen LogP contribution in [0.5, 0.6) is 0 Å². The van der Waals surface area contributed by atoms with Crippen LogP contribution < -0.4 is 5.32 Å². The molecule has 2 aromatic rings. The molecule has 4 nitrogen and oxygen atoms in total. The van der Waals surface area contributed by atoms with Gasteiger partial charge in [0.15, 0.2) is 0 Å². The van der Waals surface area contributed by atoms with Crippen LogP contribution in [0.2, 0.25) is 5.02 Å². The lowest BCUT2D eigenvalue weighted by Crippen LogP contribution is -2.22. The zero-order chi connectivity index (χ0) is 15.6. The molecule has 112 valence electrons. The first-order valence-electron chi connectivity index (χ1n) is 5.54. The maximum Gasteiger partial charge on any atom is 0.270 e. The zero-order valence-corrected chi connectivity index (χ0v) is 15.0. The molecule has 0 spiro atoms. The summed E-state index contributed by atoms with van der Waals surface area (Å²) in [6.45, 7) is 0.212. The highest BCUT2D eigenvalue weighted by Crippen LogP contribution is 2.25. The number of carbonyl (C=O) groups is 1. The van der Waals surface area contributed by atoms with Gasteiger partial charge in [-0.3, -0.25) is 4.79 Å². The Hall–Kier alpha value is -0.600. The molecule has 0 atom stereocenters. The minimum atomic E-state index is -3.73. The van der Waals surface area contributed by atoms with Gasteiger partial charge in [0, 0.05) is 25.6 Å². The molecule has 0 radical (unpaired) electrons. The summed E-state index contributed by atoms with van der Waals surface area (Å²) in [5.41, 5.74) is 0.421. The maximum absolute atomic E-state index is 12.0.